The van der Waals surface area contributed by atoms with E-state index in [1.165, 1.54) is 0 Å². The molecule has 2 heterocycles. The molecular weight excluding hydrogens is 374 g/mol. The van der Waals surface area contributed by atoms with Crippen molar-refractivity contribution in [1.82, 2.24) is 9.78 Å². The molecule has 2 unspecified atom stereocenters. The first-order valence-corrected chi connectivity index (χ1v) is 10.5. The number of nitrogens with zero attached hydrogens (tertiary/aromatic N) is 5. The minimum atomic E-state index is -0.233. The highest BCUT2D eigenvalue weighted by Gasteiger charge is 2.47. The second-order valence-corrected chi connectivity index (χ2v) is 9.48. The number of aliphatic imine (C=N–C) groups is 1. The van der Waals surface area contributed by atoms with Crippen LogP contribution in [-0.4, -0.2) is 35.4 Å². The molecule has 2 atom stereocenters. The van der Waals surface area contributed by atoms with Gasteiger partial charge in [0.05, 0.1) is 30.6 Å². The second-order valence-electron chi connectivity index (χ2n) is 9.48. The monoisotopic (exact) mass is 403 g/mol. The highest BCUT2D eigenvalue weighted by molar-refractivity contribution is 6.11. The van der Waals surface area contributed by atoms with Crippen LogP contribution in [0, 0.1) is 29.6 Å². The van der Waals surface area contributed by atoms with Gasteiger partial charge in [-0.1, -0.05) is 26.0 Å². The summed E-state index contributed by atoms with van der Waals surface area (Å²) < 4.78 is 1.85. The molecule has 0 amide bonds. The highest BCUT2D eigenvalue weighted by atomic mass is 16.1. The fourth-order valence-electron chi connectivity index (χ4n) is 4.94. The van der Waals surface area contributed by atoms with Crippen LogP contribution >= 0.6 is 0 Å². The number of fused-ring (bicyclic) bond motifs is 2. The number of nitriles is 1. The molecule has 1 aromatic carbocycles. The van der Waals surface area contributed by atoms with Gasteiger partial charge in [0, 0.05) is 43.4 Å². The van der Waals surface area contributed by atoms with E-state index >= 15 is 0 Å². The van der Waals surface area contributed by atoms with Crippen molar-refractivity contribution in [1.29, 1.82) is 5.26 Å². The largest absolute Gasteiger partial charge is 0.378 e. The number of anilines is 1. The lowest BCUT2D eigenvalue weighted by atomic mass is 9.64. The topological polar surface area (TPSA) is 74.3 Å². The molecule has 1 fully saturated rings. The lowest BCUT2D eigenvalue weighted by Gasteiger charge is -2.40. The number of rotatable bonds is 4. The van der Waals surface area contributed by atoms with Crippen molar-refractivity contribution in [2.75, 3.05) is 19.0 Å². The standard InChI is InChI=1S/C24H29N5O/c1-15-20-21(16-7-9-17(10-8-16)28(4)5)22-18(13-24(2,3)14-19(22)30)26-23(20)29(27-15)12-6-11-25/h7-10,21-22H,6,12-14H2,1-5H3. The van der Waals surface area contributed by atoms with Crippen LogP contribution in [0.5, 0.6) is 0 Å². The van der Waals surface area contributed by atoms with Crippen LogP contribution < -0.4 is 4.90 Å². The van der Waals surface area contributed by atoms with Gasteiger partial charge in [0.25, 0.3) is 0 Å². The average Bonchev–Trinajstić information content (AvgIpc) is 2.99. The zero-order valence-electron chi connectivity index (χ0n) is 18.4. The van der Waals surface area contributed by atoms with E-state index in [1.54, 1.807) is 0 Å². The summed E-state index contributed by atoms with van der Waals surface area (Å²) in [6, 6.07) is 10.7. The molecule has 0 spiro atoms. The van der Waals surface area contributed by atoms with Crippen molar-refractivity contribution in [2.45, 2.75) is 52.5 Å². The molecule has 1 aliphatic carbocycles. The molecule has 2 aromatic rings. The first kappa shape index (κ1) is 20.3. The summed E-state index contributed by atoms with van der Waals surface area (Å²) in [5.41, 5.74) is 5.05. The quantitative estimate of drug-likeness (QED) is 0.759. The molecule has 1 aliphatic heterocycles. The van der Waals surface area contributed by atoms with Gasteiger partial charge in [0.1, 0.15) is 5.78 Å². The molecule has 1 saturated carbocycles. The predicted molar refractivity (Wildman–Crippen MR) is 118 cm³/mol. The number of carbonyl (C=O) groups excluding carboxylic acids is 1. The maximum absolute atomic E-state index is 13.3. The first-order chi connectivity index (χ1) is 14.2. The Labute approximate surface area is 178 Å². The maximum Gasteiger partial charge on any atom is 0.154 e. The summed E-state index contributed by atoms with van der Waals surface area (Å²) in [5, 5.41) is 13.8. The Bertz CT molecular complexity index is 1050. The third-order valence-corrected chi connectivity index (χ3v) is 6.26. The lowest BCUT2D eigenvalue weighted by Crippen LogP contribution is -2.42. The SMILES string of the molecule is Cc1nn(CCC#N)c2c1C(c1ccc(N(C)C)cc1)C1C(=O)CC(C)(C)CC1=N2. The summed E-state index contributed by atoms with van der Waals surface area (Å²) in [6.07, 6.45) is 1.76. The van der Waals surface area contributed by atoms with Crippen molar-refractivity contribution in [3.8, 4) is 6.07 Å². The third kappa shape index (κ3) is 3.43. The number of ketones is 1. The molecule has 0 bridgehead atoms. The molecule has 2 aliphatic rings. The van der Waals surface area contributed by atoms with Gasteiger partial charge in [0.15, 0.2) is 5.82 Å². The highest BCUT2D eigenvalue weighted by Crippen LogP contribution is 2.50. The fraction of sp³-hybridized carbons (Fsp3) is 0.500. The number of carbonyl (C=O) groups is 1. The predicted octanol–water partition coefficient (Wildman–Crippen LogP) is 4.39. The number of benzene rings is 1. The minimum Gasteiger partial charge on any atom is -0.378 e. The Morgan fingerprint density at radius 2 is 1.90 bits per heavy atom. The number of aromatic nitrogens is 2. The Kier molecular flexibility index (Phi) is 5.01. The van der Waals surface area contributed by atoms with Crippen molar-refractivity contribution in [3.05, 3.63) is 41.1 Å². The lowest BCUT2D eigenvalue weighted by molar-refractivity contribution is -0.124. The van der Waals surface area contributed by atoms with Gasteiger partial charge >= 0.3 is 0 Å². The van der Waals surface area contributed by atoms with Gasteiger partial charge in [0.2, 0.25) is 0 Å². The third-order valence-electron chi connectivity index (χ3n) is 6.26. The van der Waals surface area contributed by atoms with Gasteiger partial charge in [-0.25, -0.2) is 9.67 Å². The van der Waals surface area contributed by atoms with Crippen LogP contribution in [0.25, 0.3) is 0 Å². The summed E-state index contributed by atoms with van der Waals surface area (Å²) in [5.74, 6) is 0.772. The Morgan fingerprint density at radius 3 is 2.53 bits per heavy atom. The van der Waals surface area contributed by atoms with E-state index < -0.39 is 0 Å². The van der Waals surface area contributed by atoms with E-state index in [1.807, 2.05) is 25.7 Å². The van der Waals surface area contributed by atoms with E-state index in [-0.39, 0.29) is 23.0 Å². The molecule has 0 radical (unpaired) electrons. The molecule has 0 saturated heterocycles. The number of aryl methyl sites for hydroxylation is 2. The molecule has 1 aromatic heterocycles. The van der Waals surface area contributed by atoms with Crippen LogP contribution in [0.2, 0.25) is 0 Å². The van der Waals surface area contributed by atoms with Crippen molar-refractivity contribution in [2.24, 2.45) is 16.3 Å². The van der Waals surface area contributed by atoms with Crippen molar-refractivity contribution >= 4 is 23.0 Å². The van der Waals surface area contributed by atoms with E-state index in [2.05, 4.69) is 49.1 Å². The first-order valence-electron chi connectivity index (χ1n) is 10.5. The number of hydrogen-bond donors (Lipinski definition) is 0. The summed E-state index contributed by atoms with van der Waals surface area (Å²) in [7, 11) is 4.04. The molecule has 6 heteroatoms. The Hall–Kier alpha value is -2.94. The number of Topliss-reactive ketones (excluding diaryl/α,β-unsaturated/α-hetero) is 1. The molecule has 6 nitrogen and oxygen atoms in total. The van der Waals surface area contributed by atoms with Gasteiger partial charge in [-0.2, -0.15) is 10.4 Å². The van der Waals surface area contributed by atoms with E-state index in [9.17, 15) is 4.79 Å². The van der Waals surface area contributed by atoms with Crippen LogP contribution in [-0.2, 0) is 11.3 Å². The Morgan fingerprint density at radius 1 is 1.20 bits per heavy atom. The summed E-state index contributed by atoms with van der Waals surface area (Å²) >= 11 is 0. The summed E-state index contributed by atoms with van der Waals surface area (Å²) in [4.78, 5) is 20.4. The van der Waals surface area contributed by atoms with E-state index in [0.29, 0.717) is 19.4 Å². The van der Waals surface area contributed by atoms with Crippen LogP contribution in [0.15, 0.2) is 29.3 Å². The molecule has 156 valence electrons. The van der Waals surface area contributed by atoms with Crippen LogP contribution in [0.1, 0.15) is 55.8 Å². The zero-order chi connectivity index (χ0) is 21.6. The average molecular weight is 404 g/mol. The molecule has 30 heavy (non-hydrogen) atoms. The zero-order valence-corrected chi connectivity index (χ0v) is 18.4. The maximum atomic E-state index is 13.3. The molecular formula is C24H29N5O. The van der Waals surface area contributed by atoms with Crippen molar-refractivity contribution < 1.29 is 4.79 Å². The minimum absolute atomic E-state index is 0.0804. The van der Waals surface area contributed by atoms with Gasteiger partial charge in [-0.05, 0) is 36.5 Å². The second kappa shape index (κ2) is 7.39. The van der Waals surface area contributed by atoms with E-state index in [0.717, 1.165) is 40.5 Å². The smallest absolute Gasteiger partial charge is 0.154 e. The van der Waals surface area contributed by atoms with E-state index in [4.69, 9.17) is 15.4 Å². The molecule has 4 rings (SSSR count). The van der Waals surface area contributed by atoms with Crippen molar-refractivity contribution in [3.63, 3.8) is 0 Å². The summed E-state index contributed by atoms with van der Waals surface area (Å²) in [6.45, 7) is 6.77. The normalized spacial score (nSPS) is 22.0. The fourth-order valence-corrected chi connectivity index (χ4v) is 4.94. The Balaban J connectivity index is 1.88. The number of hydrogen-bond acceptors (Lipinski definition) is 5. The van der Waals surface area contributed by atoms with Gasteiger partial charge < -0.3 is 4.90 Å². The van der Waals surface area contributed by atoms with Gasteiger partial charge in [-0.15, -0.1) is 0 Å². The van der Waals surface area contributed by atoms with Crippen LogP contribution in [0.3, 0.4) is 0 Å². The van der Waals surface area contributed by atoms with Gasteiger partial charge in [-0.3, -0.25) is 4.79 Å². The molecule has 0 N–H and O–H groups in total. The van der Waals surface area contributed by atoms with Crippen LogP contribution in [0.4, 0.5) is 11.5 Å².